The summed E-state index contributed by atoms with van der Waals surface area (Å²) in [6.45, 7) is 0.698. The summed E-state index contributed by atoms with van der Waals surface area (Å²) in [6, 6.07) is 10.1. The second kappa shape index (κ2) is 4.29. The zero-order chi connectivity index (χ0) is 12.8. The van der Waals surface area contributed by atoms with E-state index in [4.69, 9.17) is 12.2 Å². The first-order valence-electron chi connectivity index (χ1n) is 5.88. The molecule has 0 bridgehead atoms. The molecule has 18 heavy (non-hydrogen) atoms. The van der Waals surface area contributed by atoms with Gasteiger partial charge in [-0.2, -0.15) is 4.55 Å². The topological polar surface area (TPSA) is 52.6 Å². The van der Waals surface area contributed by atoms with Crippen molar-refractivity contribution in [3.05, 3.63) is 35.9 Å². The van der Waals surface area contributed by atoms with E-state index >= 15 is 0 Å². The van der Waals surface area contributed by atoms with Crippen LogP contribution in [0.5, 0.6) is 0 Å². The molecule has 2 aliphatic rings. The van der Waals surface area contributed by atoms with Gasteiger partial charge in [-0.25, -0.2) is 0 Å². The predicted molar refractivity (Wildman–Crippen MR) is 75.7 cm³/mol. The molecule has 0 radical (unpaired) electrons. The number of thiocarbonyl (C=S) groups is 1. The Morgan fingerprint density at radius 1 is 1.39 bits per heavy atom. The molecule has 0 spiro atoms. The molecular formula is C12H15N2O2S2+. The first-order chi connectivity index (χ1) is 8.55. The number of hydrogen-bond donors (Lipinski definition) is 2. The molecule has 2 saturated heterocycles. The number of nitrogens with zero attached hydrogens (tertiary/aromatic N) is 1. The van der Waals surface area contributed by atoms with Crippen LogP contribution in [0.3, 0.4) is 0 Å². The number of hydrogen-bond acceptors (Lipinski definition) is 2. The van der Waals surface area contributed by atoms with E-state index in [0.29, 0.717) is 23.2 Å². The SMILES string of the molecule is O=[S+]1(O)C[C@@H]2[C@@H](C1)NC(=S)N2Cc1ccccc1. The molecule has 1 unspecified atom stereocenters. The molecule has 6 heteroatoms. The minimum absolute atomic E-state index is 0.0266. The van der Waals surface area contributed by atoms with Crippen LogP contribution in [0, 0.1) is 0 Å². The smallest absolute Gasteiger partial charge is 0.218 e. The van der Waals surface area contributed by atoms with Crippen molar-refractivity contribution in [2.24, 2.45) is 0 Å². The van der Waals surface area contributed by atoms with Gasteiger partial charge in [0.25, 0.3) is 0 Å². The fourth-order valence-electron chi connectivity index (χ4n) is 2.65. The van der Waals surface area contributed by atoms with Crippen LogP contribution in [0.4, 0.5) is 0 Å². The summed E-state index contributed by atoms with van der Waals surface area (Å²) >= 11 is 5.31. The maximum absolute atomic E-state index is 11.8. The van der Waals surface area contributed by atoms with Gasteiger partial charge >= 0.3 is 0 Å². The minimum atomic E-state index is -2.67. The Bertz CT molecular complexity index is 520. The van der Waals surface area contributed by atoms with Crippen LogP contribution in [0.15, 0.2) is 30.3 Å². The van der Waals surface area contributed by atoms with Gasteiger partial charge in [0, 0.05) is 6.54 Å². The van der Waals surface area contributed by atoms with Crippen LogP contribution in [0.25, 0.3) is 0 Å². The zero-order valence-electron chi connectivity index (χ0n) is 9.78. The molecule has 0 aromatic heterocycles. The average molecular weight is 283 g/mol. The number of fused-ring (bicyclic) bond motifs is 1. The van der Waals surface area contributed by atoms with Gasteiger partial charge in [0.05, 0.1) is 0 Å². The summed E-state index contributed by atoms with van der Waals surface area (Å²) in [5.74, 6) is 0.626. The van der Waals surface area contributed by atoms with Gasteiger partial charge in [0.2, 0.25) is 10.2 Å². The molecular weight excluding hydrogens is 268 g/mol. The molecule has 3 rings (SSSR count). The lowest BCUT2D eigenvalue weighted by molar-refractivity contribution is 0.348. The summed E-state index contributed by atoms with van der Waals surface area (Å²) in [4.78, 5) is 2.04. The quantitative estimate of drug-likeness (QED) is 0.629. The highest BCUT2D eigenvalue weighted by atomic mass is 32.3. The Morgan fingerprint density at radius 3 is 2.83 bits per heavy atom. The van der Waals surface area contributed by atoms with Crippen LogP contribution >= 0.6 is 12.2 Å². The van der Waals surface area contributed by atoms with E-state index in [9.17, 15) is 8.76 Å². The molecule has 2 heterocycles. The molecule has 2 fully saturated rings. The second-order valence-corrected chi connectivity index (χ2v) is 7.44. The molecule has 0 saturated carbocycles. The van der Waals surface area contributed by atoms with Crippen LogP contribution in [-0.4, -0.2) is 38.2 Å². The van der Waals surface area contributed by atoms with Crippen LogP contribution in [-0.2, 0) is 21.0 Å². The van der Waals surface area contributed by atoms with Crippen molar-refractivity contribution in [3.8, 4) is 0 Å². The highest BCUT2D eigenvalue weighted by Gasteiger charge is 2.53. The molecule has 3 atom stereocenters. The fourth-order valence-corrected chi connectivity index (χ4v) is 4.95. The molecule has 1 aromatic rings. The van der Waals surface area contributed by atoms with E-state index < -0.39 is 10.2 Å². The Morgan fingerprint density at radius 2 is 2.11 bits per heavy atom. The van der Waals surface area contributed by atoms with Crippen molar-refractivity contribution in [2.75, 3.05) is 11.5 Å². The van der Waals surface area contributed by atoms with Gasteiger partial charge in [0.1, 0.15) is 12.1 Å². The van der Waals surface area contributed by atoms with Gasteiger partial charge in [0.15, 0.2) is 16.6 Å². The molecule has 0 amide bonds. The Hall–Kier alpha value is -0.980. The summed E-state index contributed by atoms with van der Waals surface area (Å²) in [7, 11) is -2.67. The maximum Gasteiger partial charge on any atom is 0.218 e. The van der Waals surface area contributed by atoms with Crippen molar-refractivity contribution in [1.82, 2.24) is 10.2 Å². The molecule has 0 aliphatic carbocycles. The third kappa shape index (κ3) is 2.15. The molecule has 2 N–H and O–H groups in total. The van der Waals surface area contributed by atoms with Crippen LogP contribution < -0.4 is 5.32 Å². The fraction of sp³-hybridized carbons (Fsp3) is 0.417. The van der Waals surface area contributed by atoms with Crippen molar-refractivity contribution >= 4 is 27.5 Å². The number of nitrogens with one attached hydrogen (secondary N) is 1. The lowest BCUT2D eigenvalue weighted by Crippen LogP contribution is -2.36. The van der Waals surface area contributed by atoms with E-state index in [0.717, 1.165) is 0 Å². The molecule has 4 nitrogen and oxygen atoms in total. The highest BCUT2D eigenvalue weighted by Crippen LogP contribution is 2.28. The summed E-state index contributed by atoms with van der Waals surface area (Å²) in [5.41, 5.74) is 1.17. The lowest BCUT2D eigenvalue weighted by Gasteiger charge is -2.22. The Balaban J connectivity index is 1.80. The third-order valence-corrected chi connectivity index (χ3v) is 5.60. The van der Waals surface area contributed by atoms with E-state index in [1.165, 1.54) is 5.56 Å². The third-order valence-electron chi connectivity index (χ3n) is 3.50. The Kier molecular flexibility index (Phi) is 2.88. The van der Waals surface area contributed by atoms with Crippen molar-refractivity contribution in [1.29, 1.82) is 0 Å². The zero-order valence-corrected chi connectivity index (χ0v) is 11.4. The van der Waals surface area contributed by atoms with Gasteiger partial charge in [-0.1, -0.05) is 34.5 Å². The van der Waals surface area contributed by atoms with E-state index in [1.54, 1.807) is 0 Å². The first kappa shape index (κ1) is 12.1. The van der Waals surface area contributed by atoms with Crippen molar-refractivity contribution in [3.63, 3.8) is 0 Å². The summed E-state index contributed by atoms with van der Waals surface area (Å²) in [6.07, 6.45) is 0. The van der Waals surface area contributed by atoms with E-state index in [2.05, 4.69) is 5.32 Å². The lowest BCUT2D eigenvalue weighted by atomic mass is 10.1. The summed E-state index contributed by atoms with van der Waals surface area (Å²) in [5, 5.41) is 3.86. The number of rotatable bonds is 2. The summed E-state index contributed by atoms with van der Waals surface area (Å²) < 4.78 is 21.4. The van der Waals surface area contributed by atoms with E-state index in [-0.39, 0.29) is 12.1 Å². The molecule has 2 aliphatic heterocycles. The molecule has 1 aromatic carbocycles. The van der Waals surface area contributed by atoms with Gasteiger partial charge in [-0.15, -0.1) is 0 Å². The Labute approximate surface area is 113 Å². The first-order valence-corrected chi connectivity index (χ1v) is 8.14. The largest absolute Gasteiger partial charge is 0.353 e. The van der Waals surface area contributed by atoms with Gasteiger partial charge in [-0.3, -0.25) is 0 Å². The highest BCUT2D eigenvalue weighted by molar-refractivity contribution is 7.98. The number of benzene rings is 1. The average Bonchev–Trinajstić information content (AvgIpc) is 2.74. The van der Waals surface area contributed by atoms with Crippen molar-refractivity contribution in [2.45, 2.75) is 18.6 Å². The second-order valence-electron chi connectivity index (χ2n) is 4.84. The standard InChI is InChI=1S/C12H14N2O2S2/c15-18(16)7-10-11(8-18)14(12(17)13-10)6-9-4-2-1-3-5-9/h1-5,10-11H,6-8H2,(H-,13,15,16,17)/p+1/t10-,11-/m1/s1. The molecule has 96 valence electrons. The van der Waals surface area contributed by atoms with Crippen LogP contribution in [0.1, 0.15) is 5.56 Å². The predicted octanol–water partition coefficient (Wildman–Crippen LogP) is 1.10. The van der Waals surface area contributed by atoms with Crippen molar-refractivity contribution < 1.29 is 8.76 Å². The minimum Gasteiger partial charge on any atom is -0.353 e. The maximum atomic E-state index is 11.8. The van der Waals surface area contributed by atoms with Crippen LogP contribution in [0.2, 0.25) is 0 Å². The normalized spacial score (nSPS) is 34.5. The monoisotopic (exact) mass is 283 g/mol. The van der Waals surface area contributed by atoms with Gasteiger partial charge in [-0.05, 0) is 17.8 Å². The van der Waals surface area contributed by atoms with E-state index in [1.807, 2.05) is 35.2 Å². The van der Waals surface area contributed by atoms with Gasteiger partial charge < -0.3 is 10.2 Å².